The Kier molecular flexibility index (Phi) is 10.4. The van der Waals surface area contributed by atoms with Gasteiger partial charge in [0.25, 0.3) is 40.5 Å². The standard InChI is InChI=1S/C33H24N4O17S4/c1-54-25-10-16(4-7-22(25)35-37-31-27(58(51,52)53)12-18-9-21(56(45,46)47)14-24(39)29(18)33(31)41)15-2-5-19(6-3-15)34-36-30-26(57(48,49)50)11-17-8-20(55(42,43)44)13-23(38)28(17)32(30)40/h2-14,38-41H,1H3,(H,42,43,44)(H,45,46,47)(H,48,49,50)(H,51,52,53). The van der Waals surface area contributed by atoms with Gasteiger partial charge in [-0.3, -0.25) is 18.2 Å². The number of aromatic hydroxyl groups is 4. The van der Waals surface area contributed by atoms with E-state index in [1.54, 1.807) is 0 Å². The molecule has 0 unspecified atom stereocenters. The molecule has 0 amide bonds. The van der Waals surface area contributed by atoms with Gasteiger partial charge in [0.1, 0.15) is 44.1 Å². The molecule has 0 spiro atoms. The van der Waals surface area contributed by atoms with Gasteiger partial charge in [-0.05, 0) is 70.4 Å². The van der Waals surface area contributed by atoms with Gasteiger partial charge >= 0.3 is 0 Å². The van der Waals surface area contributed by atoms with Crippen LogP contribution < -0.4 is 4.74 Å². The molecule has 0 aromatic heterocycles. The van der Waals surface area contributed by atoms with Gasteiger partial charge in [0.2, 0.25) is 0 Å². The molecular formula is C33H24N4O17S4. The zero-order chi connectivity index (χ0) is 42.7. The molecule has 0 saturated carbocycles. The normalized spacial score (nSPS) is 12.9. The van der Waals surface area contributed by atoms with Crippen LogP contribution in [-0.2, 0) is 40.5 Å². The van der Waals surface area contributed by atoms with E-state index >= 15 is 0 Å². The second-order valence-corrected chi connectivity index (χ2v) is 17.6. The van der Waals surface area contributed by atoms with Crippen molar-refractivity contribution < 1.29 is 77.0 Å². The van der Waals surface area contributed by atoms with Crippen molar-refractivity contribution in [2.24, 2.45) is 20.5 Å². The molecule has 0 radical (unpaired) electrons. The predicted octanol–water partition coefficient (Wildman–Crippen LogP) is 6.31. The van der Waals surface area contributed by atoms with Gasteiger partial charge in [0.05, 0.1) is 33.4 Å². The van der Waals surface area contributed by atoms with Crippen LogP contribution in [0, 0.1) is 0 Å². The third kappa shape index (κ3) is 8.08. The zero-order valence-corrected chi connectivity index (χ0v) is 31.9. The largest absolute Gasteiger partial charge is 0.507 e. The number of rotatable bonds is 10. The van der Waals surface area contributed by atoms with Gasteiger partial charge < -0.3 is 25.2 Å². The number of methoxy groups -OCH3 is 1. The van der Waals surface area contributed by atoms with E-state index in [4.69, 9.17) is 4.74 Å². The molecule has 25 heteroatoms. The first-order valence-electron chi connectivity index (χ1n) is 15.5. The van der Waals surface area contributed by atoms with Crippen molar-refractivity contribution in [2.45, 2.75) is 19.6 Å². The van der Waals surface area contributed by atoms with E-state index in [1.807, 2.05) is 0 Å². The highest BCUT2D eigenvalue weighted by atomic mass is 32.2. The Morgan fingerprint density at radius 1 is 0.483 bits per heavy atom. The van der Waals surface area contributed by atoms with Crippen molar-refractivity contribution in [1.29, 1.82) is 0 Å². The average Bonchev–Trinajstić information content (AvgIpc) is 3.12. The van der Waals surface area contributed by atoms with Crippen molar-refractivity contribution in [3.05, 3.63) is 78.9 Å². The maximum absolute atomic E-state index is 12.3. The minimum Gasteiger partial charge on any atom is -0.507 e. The summed E-state index contributed by atoms with van der Waals surface area (Å²) in [7, 11) is -18.8. The molecule has 0 aliphatic rings. The summed E-state index contributed by atoms with van der Waals surface area (Å²) in [5.41, 5.74) is -0.594. The van der Waals surface area contributed by atoms with Gasteiger partial charge in [-0.1, -0.05) is 18.2 Å². The summed E-state index contributed by atoms with van der Waals surface area (Å²) in [6, 6.07) is 14.3. The van der Waals surface area contributed by atoms with Crippen molar-refractivity contribution >= 4 is 84.8 Å². The van der Waals surface area contributed by atoms with E-state index in [0.717, 1.165) is 12.1 Å². The smallest absolute Gasteiger partial charge is 0.296 e. The lowest BCUT2D eigenvalue weighted by Crippen LogP contribution is -2.01. The first-order chi connectivity index (χ1) is 26.9. The van der Waals surface area contributed by atoms with Gasteiger partial charge in [-0.25, -0.2) is 0 Å². The Hall–Kier alpha value is -6.32. The summed E-state index contributed by atoms with van der Waals surface area (Å²) in [5, 5.41) is 56.2. The average molecular weight is 877 g/mol. The van der Waals surface area contributed by atoms with Crippen LogP contribution in [0.2, 0.25) is 0 Å². The van der Waals surface area contributed by atoms with Gasteiger partial charge in [0, 0.05) is 12.1 Å². The first-order valence-corrected chi connectivity index (χ1v) is 21.2. The lowest BCUT2D eigenvalue weighted by molar-refractivity contribution is 0.416. The molecule has 21 nitrogen and oxygen atoms in total. The Morgan fingerprint density at radius 2 is 0.914 bits per heavy atom. The maximum atomic E-state index is 12.3. The van der Waals surface area contributed by atoms with Crippen LogP contribution in [-0.4, -0.2) is 79.4 Å². The number of hydrogen-bond acceptors (Lipinski definition) is 17. The first kappa shape index (κ1) is 41.3. The van der Waals surface area contributed by atoms with Crippen LogP contribution in [0.25, 0.3) is 32.7 Å². The topological polar surface area (TPSA) is 357 Å². The van der Waals surface area contributed by atoms with Gasteiger partial charge in [-0.15, -0.1) is 15.3 Å². The highest BCUT2D eigenvalue weighted by Crippen LogP contribution is 2.47. The summed E-state index contributed by atoms with van der Waals surface area (Å²) in [5.74, 6) is -3.71. The molecule has 6 aromatic rings. The molecular weight excluding hydrogens is 853 g/mol. The molecule has 0 atom stereocenters. The van der Waals surface area contributed by atoms with E-state index in [-0.39, 0.29) is 17.1 Å². The number of azo groups is 2. The van der Waals surface area contributed by atoms with Crippen LogP contribution in [0.15, 0.2) is 119 Å². The lowest BCUT2D eigenvalue weighted by atomic mass is 10.0. The van der Waals surface area contributed by atoms with E-state index in [2.05, 4.69) is 20.5 Å². The van der Waals surface area contributed by atoms with Crippen molar-refractivity contribution in [3.63, 3.8) is 0 Å². The Bertz CT molecular complexity index is 3250. The van der Waals surface area contributed by atoms with Crippen molar-refractivity contribution in [2.75, 3.05) is 7.11 Å². The molecule has 0 saturated heterocycles. The van der Waals surface area contributed by atoms with E-state index in [9.17, 15) is 72.3 Å². The quantitative estimate of drug-likeness (QED) is 0.0552. The summed E-state index contributed by atoms with van der Waals surface area (Å²) in [4.78, 5) is -3.70. The summed E-state index contributed by atoms with van der Waals surface area (Å²) in [6.07, 6.45) is 0. The Labute approximate surface area is 326 Å². The van der Waals surface area contributed by atoms with Crippen molar-refractivity contribution in [3.8, 4) is 39.9 Å². The second kappa shape index (κ2) is 14.6. The molecule has 0 aliphatic carbocycles. The van der Waals surface area contributed by atoms with Crippen LogP contribution in [0.4, 0.5) is 22.7 Å². The fourth-order valence-corrected chi connectivity index (χ4v) is 8.02. The molecule has 302 valence electrons. The highest BCUT2D eigenvalue weighted by molar-refractivity contribution is 7.86. The molecule has 0 bridgehead atoms. The van der Waals surface area contributed by atoms with Gasteiger partial charge in [0.15, 0.2) is 11.5 Å². The summed E-state index contributed by atoms with van der Waals surface area (Å²) in [6.45, 7) is 0. The predicted molar refractivity (Wildman–Crippen MR) is 201 cm³/mol. The summed E-state index contributed by atoms with van der Waals surface area (Å²) < 4.78 is 139. The number of benzene rings is 6. The maximum Gasteiger partial charge on any atom is 0.296 e. The third-order valence-electron chi connectivity index (χ3n) is 8.26. The van der Waals surface area contributed by atoms with Crippen LogP contribution in [0.1, 0.15) is 0 Å². The molecule has 0 aliphatic heterocycles. The highest BCUT2D eigenvalue weighted by Gasteiger charge is 2.27. The molecule has 58 heavy (non-hydrogen) atoms. The SMILES string of the molecule is COc1cc(-c2ccc(N=Nc3c(S(=O)(=O)O)cc4cc(S(=O)(=O)O)cc(O)c4c3O)cc2)ccc1N=Nc1c(S(=O)(=O)O)cc2cc(S(=O)(=O)O)cc(O)c2c1O. The monoisotopic (exact) mass is 876 g/mol. The van der Waals surface area contributed by atoms with Gasteiger partial charge in [-0.2, -0.15) is 38.8 Å². The fourth-order valence-electron chi connectivity index (χ4n) is 5.63. The Balaban J connectivity index is 1.33. The number of hydrogen-bond donors (Lipinski definition) is 8. The fraction of sp³-hybridized carbons (Fsp3) is 0.0303. The van der Waals surface area contributed by atoms with Crippen molar-refractivity contribution in [1.82, 2.24) is 0 Å². The molecule has 8 N–H and O–H groups in total. The molecule has 0 heterocycles. The number of phenols is 4. The lowest BCUT2D eigenvalue weighted by Gasteiger charge is -2.12. The second-order valence-electron chi connectivity index (χ2n) is 12.0. The number of ether oxygens (including phenoxy) is 1. The number of phenolic OH excluding ortho intramolecular Hbond substituents is 4. The van der Waals surface area contributed by atoms with E-state index in [1.165, 1.54) is 49.6 Å². The third-order valence-corrected chi connectivity index (χ3v) is 11.7. The van der Waals surface area contributed by atoms with E-state index < -0.39 is 116 Å². The van der Waals surface area contributed by atoms with Crippen LogP contribution >= 0.6 is 0 Å². The molecule has 6 rings (SSSR count). The minimum absolute atomic E-state index is 0.0338. The molecule has 0 fully saturated rings. The summed E-state index contributed by atoms with van der Waals surface area (Å²) >= 11 is 0. The minimum atomic E-state index is -5.16. The zero-order valence-electron chi connectivity index (χ0n) is 28.7. The van der Waals surface area contributed by atoms with E-state index in [0.29, 0.717) is 35.4 Å². The van der Waals surface area contributed by atoms with Crippen LogP contribution in [0.3, 0.4) is 0 Å². The Morgan fingerprint density at radius 3 is 1.33 bits per heavy atom. The number of nitrogens with zero attached hydrogens (tertiary/aromatic N) is 4. The molecule has 6 aromatic carbocycles. The van der Waals surface area contributed by atoms with Crippen LogP contribution in [0.5, 0.6) is 28.7 Å². The number of fused-ring (bicyclic) bond motifs is 2.